The van der Waals surface area contributed by atoms with Gasteiger partial charge in [0.2, 0.25) is 0 Å². The Bertz CT molecular complexity index is 491. The molecule has 0 radical (unpaired) electrons. The molecule has 4 heteroatoms. The first-order chi connectivity index (χ1) is 10.2. The van der Waals surface area contributed by atoms with Crippen LogP contribution in [0.5, 0.6) is 0 Å². The molecule has 3 N–H and O–H groups in total. The second-order valence-corrected chi connectivity index (χ2v) is 6.63. The first-order valence-electron chi connectivity index (χ1n) is 8.14. The normalized spacial score (nSPS) is 23.6. The highest BCUT2D eigenvalue weighted by Crippen LogP contribution is 2.46. The molecular weight excluding hydrogens is 265 g/mol. The first kappa shape index (κ1) is 14.9. The summed E-state index contributed by atoms with van der Waals surface area (Å²) in [4.78, 5) is 2.56. The summed E-state index contributed by atoms with van der Waals surface area (Å²) in [6, 6.07) is 5.22. The molecular formula is C17H26FN3. The van der Waals surface area contributed by atoms with E-state index < -0.39 is 0 Å². The van der Waals surface area contributed by atoms with E-state index in [1.165, 1.54) is 25.7 Å². The molecule has 1 atom stereocenters. The van der Waals surface area contributed by atoms with Crippen LogP contribution in [0, 0.1) is 12.7 Å². The van der Waals surface area contributed by atoms with Crippen LogP contribution in [0.3, 0.4) is 0 Å². The second kappa shape index (κ2) is 6.03. The van der Waals surface area contributed by atoms with Gasteiger partial charge in [0.15, 0.2) is 0 Å². The van der Waals surface area contributed by atoms with Gasteiger partial charge in [0.1, 0.15) is 5.82 Å². The first-order valence-corrected chi connectivity index (χ1v) is 8.14. The molecule has 116 valence electrons. The van der Waals surface area contributed by atoms with Gasteiger partial charge in [0.05, 0.1) is 6.04 Å². The number of rotatable bonds is 4. The maximum atomic E-state index is 14.4. The van der Waals surface area contributed by atoms with Crippen LogP contribution in [0.2, 0.25) is 0 Å². The van der Waals surface area contributed by atoms with Gasteiger partial charge in [-0.2, -0.15) is 0 Å². The van der Waals surface area contributed by atoms with Gasteiger partial charge in [-0.3, -0.25) is 16.2 Å². The zero-order valence-electron chi connectivity index (χ0n) is 12.9. The van der Waals surface area contributed by atoms with Crippen LogP contribution in [0.15, 0.2) is 18.2 Å². The van der Waals surface area contributed by atoms with E-state index in [-0.39, 0.29) is 17.4 Å². The second-order valence-electron chi connectivity index (χ2n) is 6.63. The summed E-state index contributed by atoms with van der Waals surface area (Å²) < 4.78 is 14.4. The number of benzene rings is 1. The van der Waals surface area contributed by atoms with Crippen LogP contribution in [-0.2, 0) is 0 Å². The number of likely N-dealkylation sites (tertiary alicyclic amines) is 1. The van der Waals surface area contributed by atoms with Gasteiger partial charge in [-0.05, 0) is 51.8 Å². The number of nitrogens with one attached hydrogen (secondary N) is 1. The van der Waals surface area contributed by atoms with Crippen LogP contribution >= 0.6 is 0 Å². The third kappa shape index (κ3) is 2.60. The van der Waals surface area contributed by atoms with Gasteiger partial charge in [0.25, 0.3) is 0 Å². The van der Waals surface area contributed by atoms with Gasteiger partial charge < -0.3 is 0 Å². The zero-order valence-corrected chi connectivity index (χ0v) is 12.9. The fourth-order valence-corrected chi connectivity index (χ4v) is 4.36. The molecule has 2 fully saturated rings. The monoisotopic (exact) mass is 291 g/mol. The van der Waals surface area contributed by atoms with Gasteiger partial charge in [-0.15, -0.1) is 0 Å². The van der Waals surface area contributed by atoms with Crippen LogP contribution in [0.4, 0.5) is 4.39 Å². The molecule has 1 aromatic carbocycles. The summed E-state index contributed by atoms with van der Waals surface area (Å²) >= 11 is 0. The maximum Gasteiger partial charge on any atom is 0.128 e. The Kier molecular flexibility index (Phi) is 4.29. The molecule has 1 aromatic rings. The minimum absolute atomic E-state index is 0.0140. The van der Waals surface area contributed by atoms with Crippen molar-refractivity contribution in [2.75, 3.05) is 13.1 Å². The summed E-state index contributed by atoms with van der Waals surface area (Å²) in [6.45, 7) is 4.24. The lowest BCUT2D eigenvalue weighted by molar-refractivity contribution is 0.0749. The van der Waals surface area contributed by atoms with E-state index in [1.54, 1.807) is 6.07 Å². The maximum absolute atomic E-state index is 14.4. The van der Waals surface area contributed by atoms with Crippen molar-refractivity contribution in [3.63, 3.8) is 0 Å². The van der Waals surface area contributed by atoms with Gasteiger partial charge in [-0.1, -0.05) is 30.5 Å². The summed E-state index contributed by atoms with van der Waals surface area (Å²) in [6.07, 6.45) is 7.12. The van der Waals surface area contributed by atoms with Crippen LogP contribution in [0.25, 0.3) is 0 Å². The van der Waals surface area contributed by atoms with E-state index in [4.69, 9.17) is 5.84 Å². The van der Waals surface area contributed by atoms with Crippen molar-refractivity contribution in [1.29, 1.82) is 0 Å². The molecule has 1 aliphatic carbocycles. The summed E-state index contributed by atoms with van der Waals surface area (Å²) in [5, 5.41) is 0. The molecule has 0 bridgehead atoms. The van der Waals surface area contributed by atoms with Gasteiger partial charge in [-0.25, -0.2) is 4.39 Å². The van der Waals surface area contributed by atoms with E-state index in [0.29, 0.717) is 0 Å². The Morgan fingerprint density at radius 3 is 2.48 bits per heavy atom. The van der Waals surface area contributed by atoms with Crippen LogP contribution < -0.4 is 11.3 Å². The van der Waals surface area contributed by atoms with Crippen molar-refractivity contribution in [1.82, 2.24) is 10.3 Å². The zero-order chi connectivity index (χ0) is 14.9. The van der Waals surface area contributed by atoms with Crippen LogP contribution in [0.1, 0.15) is 55.7 Å². The van der Waals surface area contributed by atoms with Gasteiger partial charge in [0, 0.05) is 11.1 Å². The minimum atomic E-state index is -0.144. The Morgan fingerprint density at radius 1 is 1.19 bits per heavy atom. The molecule has 1 aliphatic heterocycles. The number of hydrazine groups is 1. The Morgan fingerprint density at radius 2 is 1.86 bits per heavy atom. The lowest BCUT2D eigenvalue weighted by Gasteiger charge is -2.45. The van der Waals surface area contributed by atoms with E-state index >= 15 is 0 Å². The summed E-state index contributed by atoms with van der Waals surface area (Å²) in [5.74, 6) is 5.77. The predicted molar refractivity (Wildman–Crippen MR) is 83.2 cm³/mol. The highest BCUT2D eigenvalue weighted by molar-refractivity contribution is 5.30. The van der Waals surface area contributed by atoms with E-state index in [9.17, 15) is 4.39 Å². The summed E-state index contributed by atoms with van der Waals surface area (Å²) in [5.41, 5.74) is 4.76. The van der Waals surface area contributed by atoms with Crippen molar-refractivity contribution >= 4 is 0 Å². The molecule has 1 heterocycles. The fourth-order valence-electron chi connectivity index (χ4n) is 4.36. The SMILES string of the molecule is Cc1ccc(F)c(C(NN)C2(N3CCCC3)CCCC2)c1. The molecule has 2 aliphatic rings. The molecule has 0 aromatic heterocycles. The topological polar surface area (TPSA) is 41.3 Å². The molecule has 1 saturated carbocycles. The Balaban J connectivity index is 2.01. The number of nitrogens with zero attached hydrogens (tertiary/aromatic N) is 1. The lowest BCUT2D eigenvalue weighted by atomic mass is 9.81. The molecule has 0 spiro atoms. The quantitative estimate of drug-likeness (QED) is 0.662. The number of hydrogen-bond acceptors (Lipinski definition) is 3. The van der Waals surface area contributed by atoms with E-state index in [1.807, 2.05) is 19.1 Å². The van der Waals surface area contributed by atoms with Crippen LogP contribution in [-0.4, -0.2) is 23.5 Å². The molecule has 3 nitrogen and oxygen atoms in total. The third-order valence-corrected chi connectivity index (χ3v) is 5.37. The average molecular weight is 291 g/mol. The van der Waals surface area contributed by atoms with Crippen molar-refractivity contribution < 1.29 is 4.39 Å². The van der Waals surface area contributed by atoms with Crippen molar-refractivity contribution in [3.8, 4) is 0 Å². The number of nitrogens with two attached hydrogens (primary N) is 1. The van der Waals surface area contributed by atoms with E-state index in [2.05, 4.69) is 10.3 Å². The third-order valence-electron chi connectivity index (χ3n) is 5.37. The van der Waals surface area contributed by atoms with Crippen molar-refractivity contribution in [2.24, 2.45) is 5.84 Å². The number of halogens is 1. The average Bonchev–Trinajstić information content (AvgIpc) is 3.14. The highest BCUT2D eigenvalue weighted by Gasteiger charge is 2.47. The Labute approximate surface area is 126 Å². The highest BCUT2D eigenvalue weighted by atomic mass is 19.1. The Hall–Kier alpha value is -0.970. The predicted octanol–water partition coefficient (Wildman–Crippen LogP) is 3.05. The molecule has 21 heavy (non-hydrogen) atoms. The molecule has 0 amide bonds. The molecule has 1 saturated heterocycles. The fraction of sp³-hybridized carbons (Fsp3) is 0.647. The standard InChI is InChI=1S/C17H26FN3/c1-13-6-7-15(18)14(12-13)16(20-19)17(8-2-3-9-17)21-10-4-5-11-21/h6-7,12,16,20H,2-5,8-11,19H2,1H3. The smallest absolute Gasteiger partial charge is 0.128 e. The number of aryl methyl sites for hydroxylation is 1. The lowest BCUT2D eigenvalue weighted by Crippen LogP contribution is -2.55. The van der Waals surface area contributed by atoms with Gasteiger partial charge >= 0.3 is 0 Å². The van der Waals surface area contributed by atoms with Crippen molar-refractivity contribution in [3.05, 3.63) is 35.1 Å². The summed E-state index contributed by atoms with van der Waals surface area (Å²) in [7, 11) is 0. The molecule has 3 rings (SSSR count). The number of hydrogen-bond donors (Lipinski definition) is 2. The minimum Gasteiger partial charge on any atom is -0.296 e. The molecule has 1 unspecified atom stereocenters. The van der Waals surface area contributed by atoms with E-state index in [0.717, 1.165) is 37.1 Å². The van der Waals surface area contributed by atoms with Crippen molar-refractivity contribution in [2.45, 2.75) is 57.0 Å². The largest absolute Gasteiger partial charge is 0.296 e.